The van der Waals surface area contributed by atoms with Crippen LogP contribution in [0.4, 0.5) is 0 Å². The molecule has 0 atom stereocenters. The molecule has 3 aromatic heterocycles. The molecule has 1 aliphatic carbocycles. The van der Waals surface area contributed by atoms with Crippen molar-refractivity contribution in [2.45, 2.75) is 31.9 Å². The lowest BCUT2D eigenvalue weighted by Gasteiger charge is -2.26. The van der Waals surface area contributed by atoms with E-state index < -0.39 is 0 Å². The molecule has 11 heteroatoms. The molecule has 4 aromatic rings. The summed E-state index contributed by atoms with van der Waals surface area (Å²) in [6.45, 7) is 8.08. The molecule has 0 spiro atoms. The standard InChI is InChI=1S/C28H32ClN7O3/c1-28(6-7-28)39-27-24-26(32-18-33-27)36(17-19-15-20(37-2)5-8-31-19)25(34-24)22-4-3-21(16-23(22)29)38-14-13-35-11-9-30-10-12-35/h3-5,8,15-16,18,30H,6-7,9-14,17H2,1-2H3. The van der Waals surface area contributed by atoms with Gasteiger partial charge in [0, 0.05) is 50.6 Å². The van der Waals surface area contributed by atoms with Gasteiger partial charge in [0.15, 0.2) is 11.2 Å². The van der Waals surface area contributed by atoms with Crippen molar-refractivity contribution in [3.05, 3.63) is 53.6 Å². The molecule has 0 radical (unpaired) electrons. The molecule has 1 N–H and O–H groups in total. The van der Waals surface area contributed by atoms with Gasteiger partial charge in [-0.3, -0.25) is 9.88 Å². The summed E-state index contributed by atoms with van der Waals surface area (Å²) >= 11 is 6.84. The zero-order valence-corrected chi connectivity index (χ0v) is 22.9. The third-order valence-electron chi connectivity index (χ3n) is 7.21. The van der Waals surface area contributed by atoms with Crippen molar-refractivity contribution in [1.29, 1.82) is 0 Å². The first kappa shape index (κ1) is 25.8. The Labute approximate surface area is 232 Å². The Morgan fingerprint density at radius 2 is 1.90 bits per heavy atom. The summed E-state index contributed by atoms with van der Waals surface area (Å²) in [5.74, 6) is 2.58. The molecule has 2 fully saturated rings. The third-order valence-corrected chi connectivity index (χ3v) is 7.52. The van der Waals surface area contributed by atoms with E-state index in [-0.39, 0.29) is 5.60 Å². The van der Waals surface area contributed by atoms with E-state index in [4.69, 9.17) is 30.8 Å². The Hall–Kier alpha value is -3.47. The van der Waals surface area contributed by atoms with Crippen molar-refractivity contribution in [2.24, 2.45) is 0 Å². The van der Waals surface area contributed by atoms with Crippen LogP contribution in [0.1, 0.15) is 25.5 Å². The van der Waals surface area contributed by atoms with Gasteiger partial charge in [-0.05, 0) is 44.0 Å². The third kappa shape index (κ3) is 5.78. The fourth-order valence-corrected chi connectivity index (χ4v) is 4.94. The van der Waals surface area contributed by atoms with Crippen LogP contribution >= 0.6 is 11.6 Å². The first-order valence-electron chi connectivity index (χ1n) is 13.3. The van der Waals surface area contributed by atoms with Crippen molar-refractivity contribution in [3.63, 3.8) is 0 Å². The highest BCUT2D eigenvalue weighted by molar-refractivity contribution is 6.33. The summed E-state index contributed by atoms with van der Waals surface area (Å²) in [5, 5.41) is 3.91. The quantitative estimate of drug-likeness (QED) is 0.316. The molecule has 4 heterocycles. The van der Waals surface area contributed by atoms with Crippen LogP contribution < -0.4 is 19.5 Å². The lowest BCUT2D eigenvalue weighted by molar-refractivity contribution is 0.191. The van der Waals surface area contributed by atoms with E-state index in [1.807, 2.05) is 34.9 Å². The summed E-state index contributed by atoms with van der Waals surface area (Å²) in [4.78, 5) is 20.9. The molecule has 1 aliphatic heterocycles. The van der Waals surface area contributed by atoms with Crippen LogP contribution in [0.15, 0.2) is 42.9 Å². The lowest BCUT2D eigenvalue weighted by Crippen LogP contribution is -2.44. The molecular weight excluding hydrogens is 518 g/mol. The Morgan fingerprint density at radius 3 is 2.67 bits per heavy atom. The number of nitrogens with zero attached hydrogens (tertiary/aromatic N) is 6. The average Bonchev–Trinajstić information content (AvgIpc) is 3.57. The Balaban J connectivity index is 1.32. The van der Waals surface area contributed by atoms with Crippen LogP contribution in [0.3, 0.4) is 0 Å². The lowest BCUT2D eigenvalue weighted by atomic mass is 10.2. The number of benzene rings is 1. The number of pyridine rings is 1. The SMILES string of the molecule is COc1ccnc(Cn2c(-c3ccc(OCCN4CCNCC4)cc3Cl)nc3c(OC4(C)CC4)ncnc32)c1. The Morgan fingerprint density at radius 1 is 1.05 bits per heavy atom. The van der Waals surface area contributed by atoms with Crippen LogP contribution in [0.25, 0.3) is 22.6 Å². The molecule has 0 amide bonds. The minimum Gasteiger partial charge on any atom is -0.497 e. The highest BCUT2D eigenvalue weighted by atomic mass is 35.5. The van der Waals surface area contributed by atoms with Crippen molar-refractivity contribution in [2.75, 3.05) is 46.4 Å². The number of nitrogens with one attached hydrogen (secondary N) is 1. The normalized spacial score (nSPS) is 16.8. The minimum atomic E-state index is -0.207. The second-order valence-electron chi connectivity index (χ2n) is 10.2. The van der Waals surface area contributed by atoms with E-state index in [1.165, 1.54) is 6.33 Å². The smallest absolute Gasteiger partial charge is 0.245 e. The first-order chi connectivity index (χ1) is 19.0. The summed E-state index contributed by atoms with van der Waals surface area (Å²) in [6, 6.07) is 9.43. The summed E-state index contributed by atoms with van der Waals surface area (Å²) in [5.41, 5.74) is 2.60. The summed E-state index contributed by atoms with van der Waals surface area (Å²) < 4.78 is 19.7. The van der Waals surface area contributed by atoms with Crippen molar-refractivity contribution >= 4 is 22.8 Å². The van der Waals surface area contributed by atoms with Crippen molar-refractivity contribution in [3.8, 4) is 28.8 Å². The molecule has 6 rings (SSSR count). The number of hydrogen-bond acceptors (Lipinski definition) is 9. The fourth-order valence-electron chi connectivity index (χ4n) is 4.68. The second kappa shape index (κ2) is 11.0. The van der Waals surface area contributed by atoms with Gasteiger partial charge in [0.25, 0.3) is 0 Å². The molecule has 10 nitrogen and oxygen atoms in total. The molecule has 0 bridgehead atoms. The molecular formula is C28H32ClN7O3. The summed E-state index contributed by atoms with van der Waals surface area (Å²) in [6.07, 6.45) is 5.22. The van der Waals surface area contributed by atoms with Crippen LogP contribution in [-0.2, 0) is 6.54 Å². The maximum Gasteiger partial charge on any atom is 0.245 e. The van der Waals surface area contributed by atoms with Crippen LogP contribution in [0.2, 0.25) is 5.02 Å². The van der Waals surface area contributed by atoms with Gasteiger partial charge in [0.05, 0.1) is 24.4 Å². The van der Waals surface area contributed by atoms with Crippen LogP contribution in [0.5, 0.6) is 17.4 Å². The van der Waals surface area contributed by atoms with Crippen molar-refractivity contribution in [1.82, 2.24) is 34.7 Å². The summed E-state index contributed by atoms with van der Waals surface area (Å²) in [7, 11) is 1.64. The Kier molecular flexibility index (Phi) is 7.24. The van der Waals surface area contributed by atoms with E-state index >= 15 is 0 Å². The van der Waals surface area contributed by atoms with Gasteiger partial charge in [0.2, 0.25) is 5.88 Å². The minimum absolute atomic E-state index is 0.207. The molecule has 1 saturated heterocycles. The van der Waals surface area contributed by atoms with Crippen LogP contribution in [-0.4, -0.2) is 81.4 Å². The van der Waals surface area contributed by atoms with E-state index in [0.29, 0.717) is 41.0 Å². The van der Waals surface area contributed by atoms with Crippen LogP contribution in [0, 0.1) is 0 Å². The number of imidazole rings is 1. The number of fused-ring (bicyclic) bond motifs is 1. The monoisotopic (exact) mass is 549 g/mol. The van der Waals surface area contributed by atoms with Gasteiger partial charge in [-0.25, -0.2) is 9.97 Å². The highest BCUT2D eigenvalue weighted by Gasteiger charge is 2.41. The second-order valence-corrected chi connectivity index (χ2v) is 10.6. The van der Waals surface area contributed by atoms with Gasteiger partial charge in [0.1, 0.15) is 35.9 Å². The number of methoxy groups -OCH3 is 1. The molecule has 204 valence electrons. The van der Waals surface area contributed by atoms with Gasteiger partial charge >= 0.3 is 0 Å². The number of aromatic nitrogens is 5. The van der Waals surface area contributed by atoms with E-state index in [0.717, 1.165) is 68.3 Å². The first-order valence-corrected chi connectivity index (χ1v) is 13.6. The van der Waals surface area contributed by atoms with Gasteiger partial charge in [-0.2, -0.15) is 4.98 Å². The average molecular weight is 550 g/mol. The van der Waals surface area contributed by atoms with Gasteiger partial charge in [-0.1, -0.05) is 11.6 Å². The molecule has 1 saturated carbocycles. The van der Waals surface area contributed by atoms with Crippen molar-refractivity contribution < 1.29 is 14.2 Å². The van der Waals surface area contributed by atoms with Gasteiger partial charge < -0.3 is 24.1 Å². The molecule has 2 aliphatic rings. The maximum atomic E-state index is 6.84. The number of ether oxygens (including phenoxy) is 3. The molecule has 1 aromatic carbocycles. The fraction of sp³-hybridized carbons (Fsp3) is 0.429. The Bertz CT molecular complexity index is 1470. The van der Waals surface area contributed by atoms with Gasteiger partial charge in [-0.15, -0.1) is 0 Å². The van der Waals surface area contributed by atoms with E-state index in [2.05, 4.69) is 32.1 Å². The zero-order chi connectivity index (χ0) is 26.8. The predicted octanol–water partition coefficient (Wildman–Crippen LogP) is 3.81. The number of halogens is 1. The topological polar surface area (TPSA) is 99.5 Å². The molecule has 0 unspecified atom stereocenters. The highest BCUT2D eigenvalue weighted by Crippen LogP contribution is 2.41. The largest absolute Gasteiger partial charge is 0.497 e. The van der Waals surface area contributed by atoms with E-state index in [1.54, 1.807) is 13.3 Å². The number of piperazine rings is 1. The number of hydrogen-bond donors (Lipinski definition) is 1. The predicted molar refractivity (Wildman–Crippen MR) is 149 cm³/mol. The molecule has 39 heavy (non-hydrogen) atoms. The van der Waals surface area contributed by atoms with E-state index in [9.17, 15) is 0 Å². The zero-order valence-electron chi connectivity index (χ0n) is 22.2. The maximum absolute atomic E-state index is 6.84. The number of rotatable bonds is 10.